The first-order chi connectivity index (χ1) is 10.1. The molecule has 0 atom stereocenters. The lowest BCUT2D eigenvalue weighted by molar-refractivity contribution is -0.685. The molecule has 5 heteroatoms. The number of aromatic nitrogens is 1. The van der Waals surface area contributed by atoms with Crippen molar-refractivity contribution in [2.75, 3.05) is 13.1 Å². The third kappa shape index (κ3) is 5.94. The molecule has 1 aromatic heterocycles. The van der Waals surface area contributed by atoms with Crippen LogP contribution in [0.4, 0.5) is 0 Å². The van der Waals surface area contributed by atoms with Gasteiger partial charge in [0.15, 0.2) is 12.4 Å². The summed E-state index contributed by atoms with van der Waals surface area (Å²) in [5.41, 5.74) is 5.67. The maximum absolute atomic E-state index is 12.4. The number of unbranched alkanes of at least 4 members (excludes halogenated alkanes) is 2. The smallest absolute Gasteiger partial charge is 0.288 e. The van der Waals surface area contributed by atoms with E-state index in [-0.39, 0.29) is 12.5 Å². The third-order valence-corrected chi connectivity index (χ3v) is 3.38. The Bertz CT molecular complexity index is 466. The Balaban J connectivity index is 2.70. The highest BCUT2D eigenvalue weighted by molar-refractivity contribution is 5.92. The van der Waals surface area contributed by atoms with Gasteiger partial charge in [-0.1, -0.05) is 26.7 Å². The normalized spacial score (nSPS) is 10.4. The molecule has 0 spiro atoms. The van der Waals surface area contributed by atoms with E-state index in [1.165, 1.54) is 0 Å². The first kappa shape index (κ1) is 17.1. The number of carbonyl (C=O) groups is 2. The number of pyridine rings is 1. The summed E-state index contributed by atoms with van der Waals surface area (Å²) in [4.78, 5) is 25.5. The highest BCUT2D eigenvalue weighted by Crippen LogP contribution is 2.01. The van der Waals surface area contributed by atoms with Crippen LogP contribution in [0.5, 0.6) is 0 Å². The summed E-state index contributed by atoms with van der Waals surface area (Å²) in [6, 6.07) is 3.38. The average molecular weight is 292 g/mol. The van der Waals surface area contributed by atoms with Crippen molar-refractivity contribution in [3.05, 3.63) is 30.1 Å². The fraction of sp³-hybridized carbons (Fsp3) is 0.562. The van der Waals surface area contributed by atoms with E-state index in [4.69, 9.17) is 5.73 Å². The van der Waals surface area contributed by atoms with E-state index in [1.54, 1.807) is 29.1 Å². The summed E-state index contributed by atoms with van der Waals surface area (Å²) in [6.45, 7) is 6.08. The van der Waals surface area contributed by atoms with Crippen LogP contribution in [0.3, 0.4) is 0 Å². The topological polar surface area (TPSA) is 67.3 Å². The SMILES string of the molecule is CCCCN(CCCC)C(=O)C[n+]1cccc(C(N)=O)c1. The predicted molar refractivity (Wildman–Crippen MR) is 81.6 cm³/mol. The minimum atomic E-state index is -0.481. The summed E-state index contributed by atoms with van der Waals surface area (Å²) in [6.07, 6.45) is 7.57. The quantitative estimate of drug-likeness (QED) is 0.701. The molecular weight excluding hydrogens is 266 g/mol. The molecular formula is C16H26N3O2+. The predicted octanol–water partition coefficient (Wildman–Crippen LogP) is 1.50. The fourth-order valence-electron chi connectivity index (χ4n) is 2.08. The van der Waals surface area contributed by atoms with Gasteiger partial charge in [0.25, 0.3) is 11.8 Å². The molecule has 0 aliphatic heterocycles. The second-order valence-corrected chi connectivity index (χ2v) is 5.22. The molecule has 0 saturated carbocycles. The molecule has 0 saturated heterocycles. The lowest BCUT2D eigenvalue weighted by Gasteiger charge is -2.20. The summed E-state index contributed by atoms with van der Waals surface area (Å²) in [7, 11) is 0. The highest BCUT2D eigenvalue weighted by atomic mass is 16.2. The van der Waals surface area contributed by atoms with Gasteiger partial charge in [-0.05, 0) is 18.9 Å². The van der Waals surface area contributed by atoms with Crippen molar-refractivity contribution < 1.29 is 14.2 Å². The molecule has 0 aromatic carbocycles. The first-order valence-corrected chi connectivity index (χ1v) is 7.65. The van der Waals surface area contributed by atoms with Gasteiger partial charge in [-0.2, -0.15) is 4.57 Å². The lowest BCUT2D eigenvalue weighted by Crippen LogP contribution is -2.45. The van der Waals surface area contributed by atoms with Crippen LogP contribution in [0.25, 0.3) is 0 Å². The van der Waals surface area contributed by atoms with Crippen LogP contribution in [-0.4, -0.2) is 29.8 Å². The van der Waals surface area contributed by atoms with Crippen LogP contribution in [0, 0.1) is 0 Å². The molecule has 116 valence electrons. The van der Waals surface area contributed by atoms with Crippen molar-refractivity contribution in [1.82, 2.24) is 4.90 Å². The van der Waals surface area contributed by atoms with E-state index in [1.807, 2.05) is 4.90 Å². The van der Waals surface area contributed by atoms with Gasteiger partial charge in [0, 0.05) is 19.2 Å². The maximum atomic E-state index is 12.4. The first-order valence-electron chi connectivity index (χ1n) is 7.65. The Morgan fingerprint density at radius 3 is 2.33 bits per heavy atom. The number of nitrogens with two attached hydrogens (primary N) is 1. The number of primary amides is 1. The molecule has 0 fully saturated rings. The van der Waals surface area contributed by atoms with Gasteiger partial charge in [0.1, 0.15) is 5.56 Å². The number of hydrogen-bond donors (Lipinski definition) is 1. The molecule has 0 radical (unpaired) electrons. The summed E-state index contributed by atoms with van der Waals surface area (Å²) < 4.78 is 1.72. The van der Waals surface area contributed by atoms with Crippen molar-refractivity contribution in [2.24, 2.45) is 5.73 Å². The average Bonchev–Trinajstić information content (AvgIpc) is 2.47. The van der Waals surface area contributed by atoms with E-state index < -0.39 is 5.91 Å². The van der Waals surface area contributed by atoms with Crippen LogP contribution >= 0.6 is 0 Å². The molecule has 1 aromatic rings. The molecule has 2 N–H and O–H groups in total. The van der Waals surface area contributed by atoms with Gasteiger partial charge in [-0.3, -0.25) is 9.59 Å². The van der Waals surface area contributed by atoms with E-state index in [9.17, 15) is 9.59 Å². The number of carbonyl (C=O) groups excluding carboxylic acids is 2. The van der Waals surface area contributed by atoms with Gasteiger partial charge in [-0.15, -0.1) is 0 Å². The third-order valence-electron chi connectivity index (χ3n) is 3.38. The lowest BCUT2D eigenvalue weighted by atomic mass is 10.2. The van der Waals surface area contributed by atoms with E-state index in [0.29, 0.717) is 5.56 Å². The monoisotopic (exact) mass is 292 g/mol. The maximum Gasteiger partial charge on any atom is 0.288 e. The van der Waals surface area contributed by atoms with Crippen LogP contribution in [-0.2, 0) is 11.3 Å². The summed E-state index contributed by atoms with van der Waals surface area (Å²) in [5.74, 6) is -0.394. The highest BCUT2D eigenvalue weighted by Gasteiger charge is 2.18. The molecule has 1 rings (SSSR count). The van der Waals surface area contributed by atoms with Gasteiger partial charge in [0.2, 0.25) is 6.54 Å². The molecule has 0 aliphatic carbocycles. The zero-order chi connectivity index (χ0) is 15.7. The van der Waals surface area contributed by atoms with Gasteiger partial charge < -0.3 is 10.6 Å². The summed E-state index contributed by atoms with van der Waals surface area (Å²) in [5, 5.41) is 0. The standard InChI is InChI=1S/C16H25N3O2/c1-3-5-10-19(11-6-4-2)15(20)13-18-9-7-8-14(12-18)16(17)21/h7-9,12H,3-6,10-11,13H2,1-2H3,(H-,17,21)/p+1. The second-order valence-electron chi connectivity index (χ2n) is 5.22. The largest absolute Gasteiger partial charge is 0.365 e. The Morgan fingerprint density at radius 2 is 1.81 bits per heavy atom. The number of amides is 2. The Kier molecular flexibility index (Phi) is 7.43. The van der Waals surface area contributed by atoms with Crippen molar-refractivity contribution in [3.63, 3.8) is 0 Å². The molecule has 21 heavy (non-hydrogen) atoms. The number of hydrogen-bond acceptors (Lipinski definition) is 2. The number of rotatable bonds is 9. The second kappa shape index (κ2) is 9.10. The van der Waals surface area contributed by atoms with Crippen molar-refractivity contribution in [1.29, 1.82) is 0 Å². The van der Waals surface area contributed by atoms with Crippen LogP contribution in [0.1, 0.15) is 49.9 Å². The van der Waals surface area contributed by atoms with Crippen LogP contribution in [0.15, 0.2) is 24.5 Å². The molecule has 5 nitrogen and oxygen atoms in total. The molecule has 0 bridgehead atoms. The zero-order valence-electron chi connectivity index (χ0n) is 13.0. The van der Waals surface area contributed by atoms with E-state index in [2.05, 4.69) is 13.8 Å². The van der Waals surface area contributed by atoms with Crippen molar-refractivity contribution >= 4 is 11.8 Å². The fourth-order valence-corrected chi connectivity index (χ4v) is 2.08. The van der Waals surface area contributed by atoms with Gasteiger partial charge in [-0.25, -0.2) is 0 Å². The molecule has 0 unspecified atom stereocenters. The van der Waals surface area contributed by atoms with E-state index >= 15 is 0 Å². The van der Waals surface area contributed by atoms with Gasteiger partial charge >= 0.3 is 0 Å². The zero-order valence-corrected chi connectivity index (χ0v) is 13.0. The number of nitrogens with zero attached hydrogens (tertiary/aromatic N) is 2. The van der Waals surface area contributed by atoms with Crippen molar-refractivity contribution in [2.45, 2.75) is 46.1 Å². The molecule has 2 amide bonds. The molecule has 1 heterocycles. The van der Waals surface area contributed by atoms with E-state index in [0.717, 1.165) is 38.8 Å². The Labute approximate surface area is 126 Å². The Hall–Kier alpha value is -1.91. The van der Waals surface area contributed by atoms with Crippen molar-refractivity contribution in [3.8, 4) is 0 Å². The minimum Gasteiger partial charge on any atom is -0.365 e. The summed E-state index contributed by atoms with van der Waals surface area (Å²) >= 11 is 0. The van der Waals surface area contributed by atoms with Gasteiger partial charge in [0.05, 0.1) is 0 Å². The minimum absolute atomic E-state index is 0.0866. The molecule has 0 aliphatic rings. The van der Waals surface area contributed by atoms with Crippen LogP contribution in [0.2, 0.25) is 0 Å². The Morgan fingerprint density at radius 1 is 1.19 bits per heavy atom. The van der Waals surface area contributed by atoms with Crippen LogP contribution < -0.4 is 10.3 Å².